The van der Waals surface area contributed by atoms with E-state index < -0.39 is 10.0 Å². The van der Waals surface area contributed by atoms with Gasteiger partial charge in [-0.2, -0.15) is 4.31 Å². The van der Waals surface area contributed by atoms with Crippen molar-refractivity contribution in [3.8, 4) is 0 Å². The topological polar surface area (TPSA) is 49.4 Å². The molecule has 4 nitrogen and oxygen atoms in total. The number of thioether (sulfide) groups is 1. The molecule has 1 unspecified atom stereocenters. The highest BCUT2D eigenvalue weighted by atomic mass is 35.5. The highest BCUT2D eigenvalue weighted by Gasteiger charge is 2.35. The largest absolute Gasteiger partial charge is 0.318 e. The monoisotopic (exact) mass is 336 g/mol. The molecule has 1 saturated heterocycles. The van der Waals surface area contributed by atoms with E-state index in [1.807, 2.05) is 25.4 Å². The third kappa shape index (κ3) is 3.49. The van der Waals surface area contributed by atoms with Crippen LogP contribution in [0.5, 0.6) is 0 Å². The minimum Gasteiger partial charge on any atom is -0.318 e. The Morgan fingerprint density at radius 2 is 2.10 bits per heavy atom. The fourth-order valence-electron chi connectivity index (χ4n) is 2.52. The molecule has 20 heavy (non-hydrogen) atoms. The van der Waals surface area contributed by atoms with Gasteiger partial charge in [-0.05, 0) is 38.3 Å². The second-order valence-corrected chi connectivity index (χ2v) is 7.33. The van der Waals surface area contributed by atoms with Gasteiger partial charge in [-0.1, -0.05) is 12.1 Å². The lowest BCUT2D eigenvalue weighted by molar-refractivity contribution is 0.378. The number of hydrogen-bond acceptors (Lipinski definition) is 4. The summed E-state index contributed by atoms with van der Waals surface area (Å²) in [5.74, 6) is 0. The SMILES string of the molecule is CNCC1CCCN1S(=O)(=O)c1ccccc1SC.Cl. The van der Waals surface area contributed by atoms with Gasteiger partial charge in [-0.15, -0.1) is 24.2 Å². The molecule has 1 aliphatic rings. The maximum absolute atomic E-state index is 12.8. The fraction of sp³-hybridized carbons (Fsp3) is 0.538. The van der Waals surface area contributed by atoms with Gasteiger partial charge in [-0.25, -0.2) is 8.42 Å². The highest BCUT2D eigenvalue weighted by molar-refractivity contribution is 7.99. The lowest BCUT2D eigenvalue weighted by atomic mass is 10.2. The highest BCUT2D eigenvalue weighted by Crippen LogP contribution is 2.31. The summed E-state index contributed by atoms with van der Waals surface area (Å²) in [6.07, 6.45) is 3.78. The molecule has 1 fully saturated rings. The summed E-state index contributed by atoms with van der Waals surface area (Å²) in [7, 11) is -1.52. The summed E-state index contributed by atoms with van der Waals surface area (Å²) < 4.78 is 27.2. The normalized spacial score (nSPS) is 19.8. The zero-order chi connectivity index (χ0) is 13.9. The predicted octanol–water partition coefficient (Wildman–Crippen LogP) is 2.20. The Hall–Kier alpha value is -0.270. The van der Waals surface area contributed by atoms with Crippen molar-refractivity contribution in [1.29, 1.82) is 0 Å². The van der Waals surface area contributed by atoms with Crippen LogP contribution in [-0.4, -0.2) is 45.2 Å². The second kappa shape index (κ2) is 7.66. The van der Waals surface area contributed by atoms with Gasteiger partial charge < -0.3 is 5.32 Å². The van der Waals surface area contributed by atoms with Crippen LogP contribution in [0.25, 0.3) is 0 Å². The summed E-state index contributed by atoms with van der Waals surface area (Å²) >= 11 is 1.47. The van der Waals surface area contributed by atoms with Crippen LogP contribution in [0, 0.1) is 0 Å². The molecular weight excluding hydrogens is 316 g/mol. The fourth-order valence-corrected chi connectivity index (χ4v) is 5.34. The van der Waals surface area contributed by atoms with Crippen molar-refractivity contribution in [2.24, 2.45) is 0 Å². The van der Waals surface area contributed by atoms with E-state index in [1.54, 1.807) is 16.4 Å². The summed E-state index contributed by atoms with van der Waals surface area (Å²) in [5.41, 5.74) is 0. The summed E-state index contributed by atoms with van der Waals surface area (Å²) in [6, 6.07) is 7.30. The molecule has 1 atom stereocenters. The van der Waals surface area contributed by atoms with E-state index >= 15 is 0 Å². The summed E-state index contributed by atoms with van der Waals surface area (Å²) in [4.78, 5) is 1.25. The third-order valence-corrected chi connectivity index (χ3v) is 6.35. The van der Waals surface area contributed by atoms with E-state index in [2.05, 4.69) is 5.32 Å². The zero-order valence-corrected chi connectivity index (χ0v) is 14.2. The lowest BCUT2D eigenvalue weighted by Gasteiger charge is -2.24. The predicted molar refractivity (Wildman–Crippen MR) is 86.3 cm³/mol. The molecule has 0 saturated carbocycles. The van der Waals surface area contributed by atoms with Crippen LogP contribution in [0.3, 0.4) is 0 Å². The lowest BCUT2D eigenvalue weighted by Crippen LogP contribution is -2.40. The van der Waals surface area contributed by atoms with Gasteiger partial charge in [0.1, 0.15) is 0 Å². The Labute approximate surface area is 131 Å². The van der Waals surface area contributed by atoms with Crippen LogP contribution in [0.1, 0.15) is 12.8 Å². The molecule has 0 aliphatic carbocycles. The number of rotatable bonds is 5. The molecular formula is C13H21ClN2O2S2. The van der Waals surface area contributed by atoms with E-state index in [0.717, 1.165) is 17.7 Å². The van der Waals surface area contributed by atoms with E-state index in [4.69, 9.17) is 0 Å². The molecule has 1 aliphatic heterocycles. The molecule has 2 rings (SSSR count). The minimum absolute atomic E-state index is 0. The average Bonchev–Trinajstić information content (AvgIpc) is 2.88. The number of benzene rings is 1. The molecule has 1 N–H and O–H groups in total. The molecule has 7 heteroatoms. The molecule has 0 radical (unpaired) electrons. The number of nitrogens with zero attached hydrogens (tertiary/aromatic N) is 1. The smallest absolute Gasteiger partial charge is 0.244 e. The maximum Gasteiger partial charge on any atom is 0.244 e. The molecule has 1 aromatic rings. The molecule has 0 aromatic heterocycles. The standard InChI is InChI=1S/C13H20N2O2S2.ClH/c1-14-10-11-6-5-9-15(11)19(16,17)13-8-4-3-7-12(13)18-2;/h3-4,7-8,11,14H,5-6,9-10H2,1-2H3;1H. The van der Waals surface area contributed by atoms with Crippen LogP contribution >= 0.6 is 24.2 Å². The van der Waals surface area contributed by atoms with Gasteiger partial charge in [0.05, 0.1) is 4.90 Å². The van der Waals surface area contributed by atoms with Gasteiger partial charge in [0.25, 0.3) is 0 Å². The van der Waals surface area contributed by atoms with Crippen molar-refractivity contribution in [1.82, 2.24) is 9.62 Å². The van der Waals surface area contributed by atoms with Gasteiger partial charge in [0.15, 0.2) is 0 Å². The number of hydrogen-bond donors (Lipinski definition) is 1. The van der Waals surface area contributed by atoms with E-state index in [1.165, 1.54) is 11.8 Å². The summed E-state index contributed by atoms with van der Waals surface area (Å²) in [6.45, 7) is 1.33. The van der Waals surface area contributed by atoms with Crippen molar-refractivity contribution in [3.63, 3.8) is 0 Å². The zero-order valence-electron chi connectivity index (χ0n) is 11.7. The Morgan fingerprint density at radius 3 is 2.75 bits per heavy atom. The maximum atomic E-state index is 12.8. The average molecular weight is 337 g/mol. The van der Waals surface area contributed by atoms with Crippen molar-refractivity contribution in [2.45, 2.75) is 28.7 Å². The van der Waals surface area contributed by atoms with Crippen molar-refractivity contribution in [2.75, 3.05) is 26.4 Å². The first kappa shape index (κ1) is 17.8. The van der Waals surface area contributed by atoms with Gasteiger partial charge in [0.2, 0.25) is 10.0 Å². The van der Waals surface area contributed by atoms with E-state index in [-0.39, 0.29) is 18.4 Å². The molecule has 0 amide bonds. The van der Waals surface area contributed by atoms with Crippen molar-refractivity contribution in [3.05, 3.63) is 24.3 Å². The first-order chi connectivity index (χ1) is 9.11. The van der Waals surface area contributed by atoms with Crippen molar-refractivity contribution < 1.29 is 8.42 Å². The quantitative estimate of drug-likeness (QED) is 0.837. The van der Waals surface area contributed by atoms with Gasteiger partial charge in [-0.3, -0.25) is 0 Å². The number of sulfonamides is 1. The molecule has 114 valence electrons. The Kier molecular flexibility index (Phi) is 6.81. The Bertz CT molecular complexity index is 537. The summed E-state index contributed by atoms with van der Waals surface area (Å²) in [5, 5.41) is 3.08. The number of halogens is 1. The van der Waals surface area contributed by atoms with Gasteiger partial charge >= 0.3 is 0 Å². The Morgan fingerprint density at radius 1 is 1.40 bits per heavy atom. The van der Waals surface area contributed by atoms with Crippen LogP contribution in [-0.2, 0) is 10.0 Å². The Balaban J connectivity index is 0.00000200. The minimum atomic E-state index is -3.38. The molecule has 1 heterocycles. The van der Waals surface area contributed by atoms with E-state index in [9.17, 15) is 8.42 Å². The molecule has 0 bridgehead atoms. The van der Waals surface area contributed by atoms with Crippen molar-refractivity contribution >= 4 is 34.2 Å². The van der Waals surface area contributed by atoms with Crippen LogP contribution in [0.15, 0.2) is 34.1 Å². The van der Waals surface area contributed by atoms with Gasteiger partial charge in [0, 0.05) is 24.0 Å². The third-order valence-electron chi connectivity index (χ3n) is 3.42. The number of likely N-dealkylation sites (N-methyl/N-ethyl adjacent to an activating group) is 1. The van der Waals surface area contributed by atoms with Crippen LogP contribution in [0.2, 0.25) is 0 Å². The first-order valence-electron chi connectivity index (χ1n) is 6.40. The molecule has 1 aromatic carbocycles. The van der Waals surface area contributed by atoms with Crippen LogP contribution in [0.4, 0.5) is 0 Å². The number of nitrogens with one attached hydrogen (secondary N) is 1. The van der Waals surface area contributed by atoms with Crippen LogP contribution < -0.4 is 5.32 Å². The second-order valence-electron chi connectivity index (χ2n) is 4.62. The first-order valence-corrected chi connectivity index (χ1v) is 9.07. The van der Waals surface area contributed by atoms with E-state index in [0.29, 0.717) is 18.0 Å². The molecule has 0 spiro atoms.